The molecule has 0 bridgehead atoms. The van der Waals surface area contributed by atoms with Crippen LogP contribution in [-0.2, 0) is 0 Å². The zero-order valence-corrected chi connectivity index (χ0v) is 9.04. The smallest absolute Gasteiger partial charge is 0.106 e. The molecule has 0 aliphatic heterocycles. The Kier molecular flexibility index (Phi) is 4.39. The van der Waals surface area contributed by atoms with Gasteiger partial charge in [-0.3, -0.25) is 0 Å². The Bertz CT molecular complexity index is 420. The van der Waals surface area contributed by atoms with Gasteiger partial charge in [-0.1, -0.05) is 16.7 Å². The summed E-state index contributed by atoms with van der Waals surface area (Å²) >= 11 is 5.84. The summed E-state index contributed by atoms with van der Waals surface area (Å²) < 4.78 is 0. The first kappa shape index (κ1) is 12.6. The van der Waals surface area contributed by atoms with Gasteiger partial charge in [0.05, 0.1) is 12.6 Å². The van der Waals surface area contributed by atoms with Crippen LogP contribution < -0.4 is 5.73 Å². The van der Waals surface area contributed by atoms with Crippen molar-refractivity contribution in [2.24, 2.45) is 5.11 Å². The fourth-order valence-corrected chi connectivity index (χ4v) is 1.45. The Morgan fingerprint density at radius 1 is 1.50 bits per heavy atom. The lowest BCUT2D eigenvalue weighted by Gasteiger charge is -2.17. The number of hydrogen-bond acceptors (Lipinski definition) is 4. The van der Waals surface area contributed by atoms with Gasteiger partial charge in [0.15, 0.2) is 0 Å². The minimum absolute atomic E-state index is 0.233. The quantitative estimate of drug-likeness (QED) is 0.322. The summed E-state index contributed by atoms with van der Waals surface area (Å²) in [4.78, 5) is 2.49. The van der Waals surface area contributed by atoms with E-state index in [1.165, 1.54) is 12.1 Å². The average Bonchev–Trinajstić information content (AvgIpc) is 2.28. The number of rotatable bonds is 4. The fraction of sp³-hybridized carbons (Fsp3) is 0.333. The van der Waals surface area contributed by atoms with Crippen LogP contribution in [0.5, 0.6) is 0 Å². The van der Waals surface area contributed by atoms with E-state index in [0.717, 1.165) is 0 Å². The number of nitrogen functional groups attached to an aromatic ring is 1. The van der Waals surface area contributed by atoms with Gasteiger partial charge in [-0.2, -0.15) is 0 Å². The van der Waals surface area contributed by atoms with Crippen molar-refractivity contribution in [3.05, 3.63) is 39.2 Å². The lowest BCUT2D eigenvalue weighted by molar-refractivity contribution is 0.0245. The fourth-order valence-electron chi connectivity index (χ4n) is 1.22. The summed E-state index contributed by atoms with van der Waals surface area (Å²) in [6.07, 6.45) is -2.45. The van der Waals surface area contributed by atoms with Crippen molar-refractivity contribution in [2.45, 2.75) is 12.2 Å². The third-order valence-electron chi connectivity index (χ3n) is 2.04. The average molecular weight is 243 g/mol. The molecule has 0 saturated carbocycles. The topological polar surface area (TPSA) is 115 Å². The lowest BCUT2D eigenvalue weighted by Crippen LogP contribution is -2.21. The van der Waals surface area contributed by atoms with Gasteiger partial charge in [-0.25, -0.2) is 0 Å². The van der Waals surface area contributed by atoms with Crippen LogP contribution in [0.2, 0.25) is 5.02 Å². The molecule has 0 saturated heterocycles. The number of halogens is 1. The van der Waals surface area contributed by atoms with E-state index < -0.39 is 12.2 Å². The predicted octanol–water partition coefficient (Wildman–Crippen LogP) is 1.63. The van der Waals surface area contributed by atoms with Crippen LogP contribution >= 0.6 is 11.6 Å². The molecule has 0 aliphatic rings. The summed E-state index contributed by atoms with van der Waals surface area (Å²) in [7, 11) is 0. The zero-order valence-electron chi connectivity index (χ0n) is 8.29. The van der Waals surface area contributed by atoms with Crippen LogP contribution in [0.25, 0.3) is 10.4 Å². The number of aliphatic hydroxyl groups is 2. The Morgan fingerprint density at radius 3 is 2.81 bits per heavy atom. The molecular weight excluding hydrogens is 232 g/mol. The van der Waals surface area contributed by atoms with Crippen molar-refractivity contribution in [3.63, 3.8) is 0 Å². The van der Waals surface area contributed by atoms with Crippen molar-refractivity contribution in [1.82, 2.24) is 0 Å². The maximum atomic E-state index is 9.75. The van der Waals surface area contributed by atoms with Gasteiger partial charge >= 0.3 is 0 Å². The first-order valence-electron chi connectivity index (χ1n) is 4.48. The molecule has 0 aliphatic carbocycles. The molecule has 0 aromatic heterocycles. The van der Waals surface area contributed by atoms with Crippen LogP contribution in [0.15, 0.2) is 23.3 Å². The molecule has 6 nitrogen and oxygen atoms in total. The van der Waals surface area contributed by atoms with E-state index in [1.807, 2.05) is 0 Å². The van der Waals surface area contributed by atoms with Gasteiger partial charge in [0.2, 0.25) is 0 Å². The molecule has 1 aromatic carbocycles. The van der Waals surface area contributed by atoms with Gasteiger partial charge in [0, 0.05) is 21.2 Å². The molecule has 4 N–H and O–H groups in total. The number of benzene rings is 1. The molecule has 2 atom stereocenters. The van der Waals surface area contributed by atoms with Crippen molar-refractivity contribution in [2.75, 3.05) is 12.3 Å². The van der Waals surface area contributed by atoms with E-state index in [0.29, 0.717) is 16.3 Å². The van der Waals surface area contributed by atoms with Crippen LogP contribution in [0, 0.1) is 0 Å². The monoisotopic (exact) mass is 242 g/mol. The number of nitrogens with zero attached hydrogens (tertiary/aromatic N) is 3. The zero-order chi connectivity index (χ0) is 12.1. The summed E-state index contributed by atoms with van der Waals surface area (Å²) in [6, 6.07) is 4.57. The number of azide groups is 1. The predicted molar refractivity (Wildman–Crippen MR) is 60.8 cm³/mol. The Labute approximate surface area is 96.9 Å². The molecule has 1 aromatic rings. The summed E-state index contributed by atoms with van der Waals surface area (Å²) in [5.41, 5.74) is 14.4. The van der Waals surface area contributed by atoms with Crippen LogP contribution in [0.3, 0.4) is 0 Å². The highest BCUT2D eigenvalue weighted by Gasteiger charge is 2.20. The summed E-state index contributed by atoms with van der Waals surface area (Å²) in [5.74, 6) is 0. The molecule has 0 radical (unpaired) electrons. The third kappa shape index (κ3) is 3.01. The van der Waals surface area contributed by atoms with Gasteiger partial charge in [-0.05, 0) is 23.7 Å². The normalized spacial score (nSPS) is 13.9. The van der Waals surface area contributed by atoms with Crippen LogP contribution in [0.1, 0.15) is 11.7 Å². The van der Waals surface area contributed by atoms with E-state index in [-0.39, 0.29) is 6.54 Å². The largest absolute Gasteiger partial charge is 0.399 e. The molecule has 0 heterocycles. The van der Waals surface area contributed by atoms with E-state index in [9.17, 15) is 10.2 Å². The van der Waals surface area contributed by atoms with Gasteiger partial charge in [-0.15, -0.1) is 0 Å². The highest BCUT2D eigenvalue weighted by molar-refractivity contribution is 6.31. The molecule has 1 rings (SSSR count). The van der Waals surface area contributed by atoms with Crippen molar-refractivity contribution in [1.29, 1.82) is 0 Å². The number of anilines is 1. The molecule has 16 heavy (non-hydrogen) atoms. The first-order valence-corrected chi connectivity index (χ1v) is 4.86. The Hall–Kier alpha value is -1.46. The standard InChI is InChI=1S/C9H11ClN4O2/c10-7-2-1-5(11)3-6(7)9(16)8(15)4-13-14-12/h1-3,8-9,15-16H,4,11H2. The highest BCUT2D eigenvalue weighted by Crippen LogP contribution is 2.27. The molecular formula is C9H11ClN4O2. The van der Waals surface area contributed by atoms with E-state index >= 15 is 0 Å². The summed E-state index contributed by atoms with van der Waals surface area (Å²) in [5, 5.41) is 22.7. The second-order valence-corrected chi connectivity index (χ2v) is 3.61. The van der Waals surface area contributed by atoms with E-state index in [4.69, 9.17) is 22.9 Å². The highest BCUT2D eigenvalue weighted by atomic mass is 35.5. The molecule has 0 amide bonds. The second-order valence-electron chi connectivity index (χ2n) is 3.21. The van der Waals surface area contributed by atoms with Crippen LogP contribution in [0.4, 0.5) is 5.69 Å². The number of hydrogen-bond donors (Lipinski definition) is 3. The number of nitrogens with two attached hydrogens (primary N) is 1. The van der Waals surface area contributed by atoms with Crippen molar-refractivity contribution >= 4 is 17.3 Å². The maximum absolute atomic E-state index is 9.75. The summed E-state index contributed by atoms with van der Waals surface area (Å²) in [6.45, 7) is -0.233. The molecule has 86 valence electrons. The Morgan fingerprint density at radius 2 is 2.19 bits per heavy atom. The minimum Gasteiger partial charge on any atom is -0.399 e. The second kappa shape index (κ2) is 5.58. The Balaban J connectivity index is 2.90. The minimum atomic E-state index is -1.23. The lowest BCUT2D eigenvalue weighted by atomic mass is 10.0. The maximum Gasteiger partial charge on any atom is 0.106 e. The first-order chi connectivity index (χ1) is 7.56. The van der Waals surface area contributed by atoms with Gasteiger partial charge in [0.25, 0.3) is 0 Å². The van der Waals surface area contributed by atoms with E-state index in [2.05, 4.69) is 10.0 Å². The van der Waals surface area contributed by atoms with Gasteiger partial charge < -0.3 is 15.9 Å². The van der Waals surface area contributed by atoms with Crippen molar-refractivity contribution < 1.29 is 10.2 Å². The van der Waals surface area contributed by atoms with Gasteiger partial charge in [0.1, 0.15) is 6.10 Å². The third-order valence-corrected chi connectivity index (χ3v) is 2.38. The van der Waals surface area contributed by atoms with Crippen molar-refractivity contribution in [3.8, 4) is 0 Å². The van der Waals surface area contributed by atoms with E-state index in [1.54, 1.807) is 6.07 Å². The van der Waals surface area contributed by atoms with Crippen LogP contribution in [-0.4, -0.2) is 22.9 Å². The molecule has 2 unspecified atom stereocenters. The SMILES string of the molecule is [N-]=[N+]=NCC(O)C(O)c1cc(N)ccc1Cl. The molecule has 7 heteroatoms. The molecule has 0 fully saturated rings. The number of aliphatic hydroxyl groups excluding tert-OH is 2. The molecule has 0 spiro atoms.